The van der Waals surface area contributed by atoms with Gasteiger partial charge in [0.1, 0.15) is 16.7 Å². The molecule has 0 spiro atoms. The molecule has 3 aromatic rings. The third kappa shape index (κ3) is 5.86. The molecule has 3 aliphatic heterocycles. The zero-order chi connectivity index (χ0) is 33.4. The minimum atomic E-state index is -0.673. The molecule has 0 radical (unpaired) electrons. The summed E-state index contributed by atoms with van der Waals surface area (Å²) in [6.07, 6.45) is 5.48. The number of benzene rings is 2. The molecule has 1 saturated carbocycles. The van der Waals surface area contributed by atoms with E-state index in [9.17, 15) is 24.0 Å². The van der Waals surface area contributed by atoms with Crippen molar-refractivity contribution in [2.45, 2.75) is 57.6 Å². The number of ether oxygens (including phenoxy) is 1. The van der Waals surface area contributed by atoms with Crippen LogP contribution >= 0.6 is 11.3 Å². The summed E-state index contributed by atoms with van der Waals surface area (Å²) < 4.78 is 6.65. The Bertz CT molecular complexity index is 1710. The van der Waals surface area contributed by atoms with Crippen molar-refractivity contribution < 1.29 is 28.7 Å². The molecule has 1 saturated heterocycles. The molecule has 1 aliphatic carbocycles. The Morgan fingerprint density at radius 2 is 1.71 bits per heavy atom. The van der Waals surface area contributed by atoms with Gasteiger partial charge in [-0.3, -0.25) is 33.9 Å². The molecule has 2 fully saturated rings. The van der Waals surface area contributed by atoms with Gasteiger partial charge in [0.25, 0.3) is 17.7 Å². The third-order valence-electron chi connectivity index (χ3n) is 10.1. The number of aromatic nitrogens is 1. The van der Waals surface area contributed by atoms with Crippen LogP contribution in [0, 0.1) is 11.8 Å². The monoisotopic (exact) mass is 669 g/mol. The quantitative estimate of drug-likeness (QED) is 0.358. The molecule has 0 bridgehead atoms. The second-order valence-electron chi connectivity index (χ2n) is 12.9. The van der Waals surface area contributed by atoms with Crippen molar-refractivity contribution in [1.82, 2.24) is 25.0 Å². The number of fused-ring (bicyclic) bond motifs is 2. The fourth-order valence-electron chi connectivity index (χ4n) is 7.80. The summed E-state index contributed by atoms with van der Waals surface area (Å²) in [4.78, 5) is 77.4. The van der Waals surface area contributed by atoms with E-state index < -0.39 is 17.9 Å². The van der Waals surface area contributed by atoms with Crippen LogP contribution in [-0.2, 0) is 16.0 Å². The molecule has 12 heteroatoms. The molecule has 250 valence electrons. The molecular weight excluding hydrogens is 630 g/mol. The molecule has 1 unspecified atom stereocenters. The number of hydrogen-bond donors (Lipinski definition) is 1. The number of nitrogens with one attached hydrogen (secondary N) is 1. The van der Waals surface area contributed by atoms with Crippen LogP contribution in [0.4, 0.5) is 0 Å². The minimum absolute atomic E-state index is 0.0370. The van der Waals surface area contributed by atoms with Crippen LogP contribution < -0.4 is 10.1 Å². The van der Waals surface area contributed by atoms with Crippen molar-refractivity contribution >= 4 is 40.9 Å². The highest BCUT2D eigenvalue weighted by molar-refractivity contribution is 7.11. The van der Waals surface area contributed by atoms with Crippen LogP contribution in [0.1, 0.15) is 86.6 Å². The summed E-state index contributed by atoms with van der Waals surface area (Å²) in [7, 11) is 0. The van der Waals surface area contributed by atoms with Crippen molar-refractivity contribution in [3.05, 3.63) is 81.3 Å². The van der Waals surface area contributed by atoms with E-state index >= 15 is 0 Å². The zero-order valence-electron chi connectivity index (χ0n) is 26.9. The Balaban J connectivity index is 1.21. The number of imide groups is 1. The molecule has 4 aliphatic rings. The Morgan fingerprint density at radius 1 is 0.958 bits per heavy atom. The lowest BCUT2D eigenvalue weighted by Gasteiger charge is -2.43. The molecule has 4 heterocycles. The highest BCUT2D eigenvalue weighted by Crippen LogP contribution is 2.42. The Morgan fingerprint density at radius 3 is 2.42 bits per heavy atom. The van der Waals surface area contributed by atoms with Crippen molar-refractivity contribution in [1.29, 1.82) is 0 Å². The molecule has 7 rings (SSSR count). The Labute approximate surface area is 283 Å². The molecule has 48 heavy (non-hydrogen) atoms. The molecule has 4 atom stereocenters. The summed E-state index contributed by atoms with van der Waals surface area (Å²) in [5, 5.41) is 2.92. The number of carbonyl (C=O) groups excluding carboxylic acids is 5. The average molecular weight is 670 g/mol. The van der Waals surface area contributed by atoms with E-state index in [0.29, 0.717) is 73.6 Å². The maximum Gasteiger partial charge on any atom is 0.265 e. The second-order valence-corrected chi connectivity index (χ2v) is 13.8. The standard InChI is InChI=1S/C36H39N5O6S/c1-2-38-32(42)24-9-3-4-10-25(24)33(43)40-17-14-22-8-7-13-29(47-23-15-16-39(19-23)36(46)30-18-37-21-48-30)31(22)28(40)20-41-34(44)26-11-5-6-12-27(26)35(41)45/h5-8,11-13,18,21,23-25,28H,2-4,9-10,14-17,19-20H2,1H3,(H,38,42)/t23-,24+,25?,28+/m0/s1. The fraction of sp³-hybridized carbons (Fsp3) is 0.444. The van der Waals surface area contributed by atoms with Gasteiger partial charge in [-0.05, 0) is 49.9 Å². The maximum absolute atomic E-state index is 14.6. The first-order valence-electron chi connectivity index (χ1n) is 16.8. The SMILES string of the molecule is CCNC(=O)[C@@H]1CCCCC1C(=O)N1CCc2cccc(O[C@H]3CCN(C(=O)c4cncs4)C3)c2[C@H]1CN1C(=O)c2ccccc2C1=O. The number of nitrogens with zero attached hydrogens (tertiary/aromatic N) is 4. The lowest BCUT2D eigenvalue weighted by molar-refractivity contribution is -0.146. The smallest absolute Gasteiger partial charge is 0.265 e. The van der Waals surface area contributed by atoms with Gasteiger partial charge >= 0.3 is 0 Å². The van der Waals surface area contributed by atoms with Crippen LogP contribution in [0.3, 0.4) is 0 Å². The number of rotatable bonds is 8. The average Bonchev–Trinajstić information content (AvgIpc) is 3.87. The lowest BCUT2D eigenvalue weighted by atomic mass is 9.77. The topological polar surface area (TPSA) is 129 Å². The van der Waals surface area contributed by atoms with Gasteiger partial charge in [0.05, 0.1) is 42.0 Å². The zero-order valence-corrected chi connectivity index (χ0v) is 27.7. The van der Waals surface area contributed by atoms with Crippen LogP contribution in [0.2, 0.25) is 0 Å². The third-order valence-corrected chi connectivity index (χ3v) is 10.9. The van der Waals surface area contributed by atoms with Gasteiger partial charge in [-0.2, -0.15) is 0 Å². The molecule has 1 N–H and O–H groups in total. The van der Waals surface area contributed by atoms with Crippen LogP contribution in [0.5, 0.6) is 5.75 Å². The fourth-order valence-corrected chi connectivity index (χ4v) is 8.38. The van der Waals surface area contributed by atoms with Gasteiger partial charge in [0, 0.05) is 43.5 Å². The summed E-state index contributed by atoms with van der Waals surface area (Å²) >= 11 is 1.31. The predicted octanol–water partition coefficient (Wildman–Crippen LogP) is 4.10. The van der Waals surface area contributed by atoms with Gasteiger partial charge in [-0.15, -0.1) is 11.3 Å². The van der Waals surface area contributed by atoms with E-state index in [1.807, 2.05) is 25.1 Å². The molecule has 11 nitrogen and oxygen atoms in total. The van der Waals surface area contributed by atoms with E-state index in [4.69, 9.17) is 4.74 Å². The Hall–Kier alpha value is -4.58. The summed E-state index contributed by atoms with van der Waals surface area (Å²) in [5.74, 6) is -1.44. The number of thiazole rings is 1. The largest absolute Gasteiger partial charge is 0.488 e. The van der Waals surface area contributed by atoms with E-state index in [1.165, 1.54) is 16.2 Å². The number of likely N-dealkylation sites (tertiary alicyclic amines) is 1. The predicted molar refractivity (Wildman–Crippen MR) is 178 cm³/mol. The molecule has 5 amide bonds. The summed E-state index contributed by atoms with van der Waals surface area (Å²) in [6, 6.07) is 11.9. The van der Waals surface area contributed by atoms with Gasteiger partial charge < -0.3 is 19.9 Å². The van der Waals surface area contributed by atoms with E-state index in [0.717, 1.165) is 24.0 Å². The second kappa shape index (κ2) is 13.5. The number of carbonyl (C=O) groups is 5. The van der Waals surface area contributed by atoms with Crippen LogP contribution in [0.15, 0.2) is 54.2 Å². The van der Waals surface area contributed by atoms with E-state index in [1.54, 1.807) is 45.8 Å². The number of amides is 5. The highest BCUT2D eigenvalue weighted by atomic mass is 32.1. The Kier molecular flexibility index (Phi) is 9.00. The first kappa shape index (κ1) is 32.0. The minimum Gasteiger partial charge on any atom is -0.488 e. The molecule has 2 aromatic carbocycles. The number of hydrogen-bond acceptors (Lipinski definition) is 8. The van der Waals surface area contributed by atoms with Gasteiger partial charge in [0.2, 0.25) is 11.8 Å². The first-order valence-corrected chi connectivity index (χ1v) is 17.7. The van der Waals surface area contributed by atoms with Crippen molar-refractivity contribution in [3.63, 3.8) is 0 Å². The summed E-state index contributed by atoms with van der Waals surface area (Å²) in [6.45, 7) is 3.67. The summed E-state index contributed by atoms with van der Waals surface area (Å²) in [5.41, 5.74) is 4.09. The van der Waals surface area contributed by atoms with Gasteiger partial charge in [0.15, 0.2) is 0 Å². The molecular formula is C36H39N5O6S. The van der Waals surface area contributed by atoms with Crippen LogP contribution in [-0.4, -0.2) is 88.0 Å². The van der Waals surface area contributed by atoms with Crippen molar-refractivity contribution in [2.75, 3.05) is 32.7 Å². The normalized spacial score (nSPS) is 23.6. The van der Waals surface area contributed by atoms with Gasteiger partial charge in [-0.1, -0.05) is 37.1 Å². The molecule has 1 aromatic heterocycles. The highest BCUT2D eigenvalue weighted by Gasteiger charge is 2.45. The lowest BCUT2D eigenvalue weighted by Crippen LogP contribution is -2.51. The maximum atomic E-state index is 14.6. The van der Waals surface area contributed by atoms with E-state index in [2.05, 4.69) is 10.3 Å². The van der Waals surface area contributed by atoms with E-state index in [-0.39, 0.29) is 42.2 Å². The van der Waals surface area contributed by atoms with Crippen molar-refractivity contribution in [3.8, 4) is 5.75 Å². The first-order chi connectivity index (χ1) is 23.4. The van der Waals surface area contributed by atoms with Crippen LogP contribution in [0.25, 0.3) is 0 Å². The van der Waals surface area contributed by atoms with Gasteiger partial charge in [-0.25, -0.2) is 0 Å². The van der Waals surface area contributed by atoms with Crippen molar-refractivity contribution in [2.24, 2.45) is 11.8 Å².